The largest absolute Gasteiger partial charge is 0.463 e. The molecule has 1 saturated carbocycles. The van der Waals surface area contributed by atoms with E-state index >= 15 is 0 Å². The second kappa shape index (κ2) is 6.99. The number of nitrogens with zero attached hydrogens (tertiary/aromatic N) is 1. The Labute approximate surface area is 141 Å². The minimum atomic E-state index is -0.302. The monoisotopic (exact) mass is 326 g/mol. The number of fused-ring (bicyclic) bond motifs is 1. The highest BCUT2D eigenvalue weighted by molar-refractivity contribution is 6.06. The van der Waals surface area contributed by atoms with Crippen LogP contribution in [0.3, 0.4) is 0 Å². The summed E-state index contributed by atoms with van der Waals surface area (Å²) in [7, 11) is 0. The Hall–Kier alpha value is -2.43. The van der Waals surface area contributed by atoms with Crippen LogP contribution >= 0.6 is 0 Å². The molecule has 0 radical (unpaired) electrons. The Balaban J connectivity index is 1.73. The molecule has 5 heteroatoms. The number of pyridine rings is 1. The molecule has 0 bridgehead atoms. The number of hydrogen-bond acceptors (Lipinski definition) is 4. The van der Waals surface area contributed by atoms with Gasteiger partial charge in [0.1, 0.15) is 0 Å². The highest BCUT2D eigenvalue weighted by Crippen LogP contribution is 2.40. The van der Waals surface area contributed by atoms with Crippen LogP contribution in [0.4, 0.5) is 0 Å². The van der Waals surface area contributed by atoms with E-state index in [1.807, 2.05) is 30.3 Å². The fourth-order valence-electron chi connectivity index (χ4n) is 2.67. The fourth-order valence-corrected chi connectivity index (χ4v) is 2.67. The maximum Gasteiger partial charge on any atom is 0.307 e. The van der Waals surface area contributed by atoms with E-state index in [1.165, 1.54) is 0 Å². The van der Waals surface area contributed by atoms with Gasteiger partial charge in [-0.2, -0.15) is 0 Å². The molecule has 1 amide bonds. The Morgan fingerprint density at radius 1 is 1.29 bits per heavy atom. The first-order valence-electron chi connectivity index (χ1n) is 8.42. The number of carbonyl (C=O) groups is 2. The number of rotatable bonds is 6. The fraction of sp³-hybridized carbons (Fsp3) is 0.421. The molecule has 1 aromatic carbocycles. The van der Waals surface area contributed by atoms with Gasteiger partial charge in [0.15, 0.2) is 0 Å². The number of para-hydroxylation sites is 1. The van der Waals surface area contributed by atoms with Gasteiger partial charge in [0.05, 0.1) is 23.6 Å². The highest BCUT2D eigenvalue weighted by Gasteiger charge is 2.26. The number of benzene rings is 1. The summed E-state index contributed by atoms with van der Waals surface area (Å²) >= 11 is 0. The number of ether oxygens (including phenoxy) is 1. The predicted octanol–water partition coefficient (Wildman–Crippen LogP) is 3.18. The number of carbonyl (C=O) groups excluding carboxylic acids is 2. The molecule has 0 atom stereocenters. The van der Waals surface area contributed by atoms with Crippen molar-refractivity contribution in [3.63, 3.8) is 0 Å². The van der Waals surface area contributed by atoms with E-state index in [0.29, 0.717) is 11.5 Å². The van der Waals surface area contributed by atoms with E-state index in [2.05, 4.69) is 10.3 Å². The molecule has 0 saturated heterocycles. The lowest BCUT2D eigenvalue weighted by Crippen LogP contribution is -2.27. The molecule has 1 aliphatic rings. The van der Waals surface area contributed by atoms with Gasteiger partial charge in [0.2, 0.25) is 0 Å². The van der Waals surface area contributed by atoms with Gasteiger partial charge >= 0.3 is 5.97 Å². The number of amides is 1. The van der Waals surface area contributed by atoms with E-state index in [0.717, 1.165) is 29.4 Å². The van der Waals surface area contributed by atoms with Gasteiger partial charge in [0, 0.05) is 23.5 Å². The first-order valence-corrected chi connectivity index (χ1v) is 8.42. The van der Waals surface area contributed by atoms with Crippen molar-refractivity contribution in [1.82, 2.24) is 10.3 Å². The standard InChI is InChI=1S/C19H22N2O3/c1-12(2)24-18(22)9-10-20-19(23)15-11-17(13-7-8-13)21-16-6-4-3-5-14(15)16/h3-6,11-13H,7-10H2,1-2H3,(H,20,23). The molecule has 1 fully saturated rings. The molecule has 0 unspecified atom stereocenters. The van der Waals surface area contributed by atoms with E-state index < -0.39 is 0 Å². The lowest BCUT2D eigenvalue weighted by molar-refractivity contribution is -0.147. The summed E-state index contributed by atoms with van der Waals surface area (Å²) in [5.41, 5.74) is 2.45. The van der Waals surface area contributed by atoms with Gasteiger partial charge in [0.25, 0.3) is 5.91 Å². The molecule has 0 spiro atoms. The summed E-state index contributed by atoms with van der Waals surface area (Å²) in [6.07, 6.45) is 2.29. The van der Waals surface area contributed by atoms with Crippen LogP contribution in [0, 0.1) is 0 Å². The highest BCUT2D eigenvalue weighted by atomic mass is 16.5. The van der Waals surface area contributed by atoms with Crippen molar-refractivity contribution in [2.45, 2.75) is 45.1 Å². The van der Waals surface area contributed by atoms with E-state index in [-0.39, 0.29) is 30.9 Å². The van der Waals surface area contributed by atoms with Crippen molar-refractivity contribution in [3.05, 3.63) is 41.6 Å². The van der Waals surface area contributed by atoms with Gasteiger partial charge in [-0.15, -0.1) is 0 Å². The summed E-state index contributed by atoms with van der Waals surface area (Å²) in [5.74, 6) is -0.00132. The maximum absolute atomic E-state index is 12.6. The van der Waals surface area contributed by atoms with Crippen LogP contribution in [0.1, 0.15) is 55.1 Å². The minimum absolute atomic E-state index is 0.140. The Bertz CT molecular complexity index is 766. The average molecular weight is 326 g/mol. The molecule has 0 aliphatic heterocycles. The molecule has 5 nitrogen and oxygen atoms in total. The lowest BCUT2D eigenvalue weighted by atomic mass is 10.1. The van der Waals surface area contributed by atoms with Gasteiger partial charge in [-0.3, -0.25) is 14.6 Å². The first kappa shape index (κ1) is 16.4. The summed E-state index contributed by atoms with van der Waals surface area (Å²) in [6, 6.07) is 9.55. The van der Waals surface area contributed by atoms with E-state index in [4.69, 9.17) is 4.74 Å². The average Bonchev–Trinajstić information content (AvgIpc) is 3.38. The number of aromatic nitrogens is 1. The number of nitrogens with one attached hydrogen (secondary N) is 1. The maximum atomic E-state index is 12.6. The van der Waals surface area contributed by atoms with Crippen molar-refractivity contribution in [2.75, 3.05) is 6.54 Å². The van der Waals surface area contributed by atoms with Gasteiger partial charge in [-0.05, 0) is 38.8 Å². The summed E-state index contributed by atoms with van der Waals surface area (Å²) in [6.45, 7) is 3.87. The zero-order valence-corrected chi connectivity index (χ0v) is 14.0. The zero-order valence-electron chi connectivity index (χ0n) is 14.0. The molecular formula is C19H22N2O3. The molecule has 2 aromatic rings. The van der Waals surface area contributed by atoms with Crippen LogP contribution in [-0.2, 0) is 9.53 Å². The van der Waals surface area contributed by atoms with Crippen molar-refractivity contribution >= 4 is 22.8 Å². The van der Waals surface area contributed by atoms with Crippen LogP contribution in [-0.4, -0.2) is 29.5 Å². The van der Waals surface area contributed by atoms with E-state index in [1.54, 1.807) is 13.8 Å². The second-order valence-corrected chi connectivity index (χ2v) is 6.43. The van der Waals surface area contributed by atoms with E-state index in [9.17, 15) is 9.59 Å². The molecular weight excluding hydrogens is 304 g/mol. The van der Waals surface area contributed by atoms with Crippen LogP contribution in [0.25, 0.3) is 10.9 Å². The van der Waals surface area contributed by atoms with Crippen LogP contribution in [0.5, 0.6) is 0 Å². The second-order valence-electron chi connectivity index (χ2n) is 6.43. The SMILES string of the molecule is CC(C)OC(=O)CCNC(=O)c1cc(C2CC2)nc2ccccc12. The van der Waals surface area contributed by atoms with Crippen molar-refractivity contribution in [1.29, 1.82) is 0 Å². The van der Waals surface area contributed by atoms with Gasteiger partial charge < -0.3 is 10.1 Å². The Kier molecular flexibility index (Phi) is 4.79. The normalized spacial score (nSPS) is 14.0. The van der Waals surface area contributed by atoms with Crippen molar-refractivity contribution in [3.8, 4) is 0 Å². The molecule has 3 rings (SSSR count). The first-order chi connectivity index (χ1) is 11.5. The van der Waals surface area contributed by atoms with Crippen LogP contribution in [0.2, 0.25) is 0 Å². The zero-order chi connectivity index (χ0) is 17.1. The topological polar surface area (TPSA) is 68.3 Å². The third-order valence-electron chi connectivity index (χ3n) is 3.96. The quantitative estimate of drug-likeness (QED) is 0.828. The Morgan fingerprint density at radius 2 is 2.04 bits per heavy atom. The van der Waals surface area contributed by atoms with Gasteiger partial charge in [-0.25, -0.2) is 0 Å². The summed E-state index contributed by atoms with van der Waals surface area (Å²) < 4.78 is 5.07. The van der Waals surface area contributed by atoms with Gasteiger partial charge in [-0.1, -0.05) is 18.2 Å². The minimum Gasteiger partial charge on any atom is -0.463 e. The Morgan fingerprint density at radius 3 is 2.75 bits per heavy atom. The van der Waals surface area contributed by atoms with Crippen molar-refractivity contribution in [2.24, 2.45) is 0 Å². The number of esters is 1. The van der Waals surface area contributed by atoms with Crippen molar-refractivity contribution < 1.29 is 14.3 Å². The third-order valence-corrected chi connectivity index (χ3v) is 3.96. The smallest absolute Gasteiger partial charge is 0.307 e. The number of hydrogen-bond donors (Lipinski definition) is 1. The molecule has 1 heterocycles. The summed E-state index contributed by atoms with van der Waals surface area (Å²) in [5, 5.41) is 3.65. The van der Waals surface area contributed by atoms with Crippen LogP contribution in [0.15, 0.2) is 30.3 Å². The summed E-state index contributed by atoms with van der Waals surface area (Å²) in [4.78, 5) is 28.8. The van der Waals surface area contributed by atoms with Crippen LogP contribution < -0.4 is 5.32 Å². The third kappa shape index (κ3) is 3.91. The molecule has 24 heavy (non-hydrogen) atoms. The molecule has 126 valence electrons. The predicted molar refractivity (Wildman–Crippen MR) is 91.9 cm³/mol. The molecule has 1 aromatic heterocycles. The molecule has 1 N–H and O–H groups in total. The lowest BCUT2D eigenvalue weighted by Gasteiger charge is -2.11. The molecule has 1 aliphatic carbocycles.